The number of nitrogens with zero attached hydrogens (tertiary/aromatic N) is 4. The van der Waals surface area contributed by atoms with Crippen LogP contribution in [0.2, 0.25) is 0 Å². The Bertz CT molecular complexity index is 359. The van der Waals surface area contributed by atoms with Crippen LogP contribution in [0.5, 0.6) is 0 Å². The van der Waals surface area contributed by atoms with Gasteiger partial charge in [0.25, 0.3) is 0 Å². The van der Waals surface area contributed by atoms with Crippen LogP contribution < -0.4 is 5.32 Å². The van der Waals surface area contributed by atoms with Crippen molar-refractivity contribution in [2.45, 2.75) is 32.4 Å². The van der Waals surface area contributed by atoms with Crippen LogP contribution in [0.1, 0.15) is 24.8 Å². The van der Waals surface area contributed by atoms with E-state index in [9.17, 15) is 0 Å². The molecule has 0 radical (unpaired) electrons. The van der Waals surface area contributed by atoms with Gasteiger partial charge in [0.15, 0.2) is 0 Å². The van der Waals surface area contributed by atoms with Crippen molar-refractivity contribution in [2.75, 3.05) is 39.0 Å². The summed E-state index contributed by atoms with van der Waals surface area (Å²) in [5.74, 6) is 0. The molecule has 1 aromatic rings. The maximum atomic E-state index is 4.21. The van der Waals surface area contributed by atoms with E-state index < -0.39 is 0 Å². The first-order chi connectivity index (χ1) is 8.72. The van der Waals surface area contributed by atoms with Crippen molar-refractivity contribution in [3.05, 3.63) is 5.01 Å². The van der Waals surface area contributed by atoms with Crippen molar-refractivity contribution in [3.8, 4) is 0 Å². The Labute approximate surface area is 113 Å². The molecular formula is C12H23N5S. The molecule has 1 fully saturated rings. The van der Waals surface area contributed by atoms with Gasteiger partial charge in [0.05, 0.1) is 6.54 Å². The Morgan fingerprint density at radius 1 is 1.39 bits per heavy atom. The van der Waals surface area contributed by atoms with Crippen LogP contribution in [0.3, 0.4) is 0 Å². The maximum absolute atomic E-state index is 4.21. The molecule has 0 aliphatic carbocycles. The fraction of sp³-hybridized carbons (Fsp3) is 0.833. The summed E-state index contributed by atoms with van der Waals surface area (Å²) in [5.41, 5.74) is 0. The maximum Gasteiger partial charge on any atom is 0.205 e. The first-order valence-electron chi connectivity index (χ1n) is 6.65. The topological polar surface area (TPSA) is 44.3 Å². The molecule has 2 heterocycles. The second-order valence-electron chi connectivity index (χ2n) is 4.83. The van der Waals surface area contributed by atoms with Crippen LogP contribution in [0.15, 0.2) is 0 Å². The van der Waals surface area contributed by atoms with Gasteiger partial charge in [-0.3, -0.25) is 4.90 Å². The Balaban J connectivity index is 1.82. The third-order valence-corrected chi connectivity index (χ3v) is 4.62. The number of hydrogen-bond acceptors (Lipinski definition) is 6. The smallest absolute Gasteiger partial charge is 0.205 e. The first kappa shape index (κ1) is 13.7. The molecule has 0 bridgehead atoms. The summed E-state index contributed by atoms with van der Waals surface area (Å²) in [5, 5.41) is 13.3. The van der Waals surface area contributed by atoms with E-state index >= 15 is 0 Å². The predicted molar refractivity (Wildman–Crippen MR) is 76.1 cm³/mol. The molecule has 0 spiro atoms. The summed E-state index contributed by atoms with van der Waals surface area (Å²) < 4.78 is 0. The molecular weight excluding hydrogens is 246 g/mol. The lowest BCUT2D eigenvalue weighted by atomic mass is 10.0. The highest BCUT2D eigenvalue weighted by atomic mass is 32.1. The van der Waals surface area contributed by atoms with Crippen molar-refractivity contribution in [2.24, 2.45) is 0 Å². The van der Waals surface area contributed by atoms with E-state index in [0.717, 1.165) is 16.7 Å². The van der Waals surface area contributed by atoms with E-state index in [1.165, 1.54) is 32.5 Å². The molecule has 1 N–H and O–H groups in total. The Hall–Kier alpha value is -0.720. The number of hydrogen-bond donors (Lipinski definition) is 1. The van der Waals surface area contributed by atoms with Crippen molar-refractivity contribution in [3.63, 3.8) is 0 Å². The number of likely N-dealkylation sites (tertiary alicyclic amines) is 1. The highest BCUT2D eigenvalue weighted by Gasteiger charge is 2.22. The summed E-state index contributed by atoms with van der Waals surface area (Å²) in [6, 6.07) is 0.690. The monoisotopic (exact) mass is 269 g/mol. The normalized spacial score (nSPS) is 18.4. The van der Waals surface area contributed by atoms with Crippen molar-refractivity contribution >= 4 is 16.5 Å². The van der Waals surface area contributed by atoms with Gasteiger partial charge in [-0.2, -0.15) is 0 Å². The fourth-order valence-corrected chi connectivity index (χ4v) is 3.19. The van der Waals surface area contributed by atoms with Gasteiger partial charge in [0.2, 0.25) is 5.13 Å². The largest absolute Gasteiger partial charge is 0.363 e. The van der Waals surface area contributed by atoms with E-state index in [-0.39, 0.29) is 0 Å². The van der Waals surface area contributed by atoms with Crippen LogP contribution in [-0.2, 0) is 6.54 Å². The molecule has 0 amide bonds. The summed E-state index contributed by atoms with van der Waals surface area (Å²) in [6.07, 6.45) is 2.53. The van der Waals surface area contributed by atoms with Gasteiger partial charge in [-0.05, 0) is 39.5 Å². The second-order valence-corrected chi connectivity index (χ2v) is 5.89. The molecule has 0 aromatic carbocycles. The zero-order valence-corrected chi connectivity index (χ0v) is 12.3. The number of aromatic nitrogens is 2. The Morgan fingerprint density at radius 3 is 2.67 bits per heavy atom. The van der Waals surface area contributed by atoms with Crippen LogP contribution in [0.4, 0.5) is 5.13 Å². The molecule has 2 rings (SSSR count). The van der Waals surface area contributed by atoms with Gasteiger partial charge >= 0.3 is 0 Å². The highest BCUT2D eigenvalue weighted by Crippen LogP contribution is 2.20. The SMILES string of the molecule is CCN1CCC(N(C)Cc2nnc(NC)s2)CC1. The molecule has 1 aliphatic rings. The molecule has 1 aromatic heterocycles. The van der Waals surface area contributed by atoms with Gasteiger partial charge < -0.3 is 10.2 Å². The average molecular weight is 269 g/mol. The lowest BCUT2D eigenvalue weighted by Gasteiger charge is -2.35. The zero-order valence-electron chi connectivity index (χ0n) is 11.5. The van der Waals surface area contributed by atoms with E-state index in [0.29, 0.717) is 6.04 Å². The Kier molecular flexibility index (Phi) is 4.91. The third-order valence-electron chi connectivity index (χ3n) is 3.69. The molecule has 5 nitrogen and oxygen atoms in total. The van der Waals surface area contributed by atoms with Crippen molar-refractivity contribution < 1.29 is 0 Å². The van der Waals surface area contributed by atoms with Gasteiger partial charge in [-0.1, -0.05) is 18.3 Å². The second kappa shape index (κ2) is 6.45. The van der Waals surface area contributed by atoms with Crippen molar-refractivity contribution in [1.82, 2.24) is 20.0 Å². The minimum absolute atomic E-state index is 0.690. The van der Waals surface area contributed by atoms with Gasteiger partial charge in [-0.25, -0.2) is 0 Å². The molecule has 102 valence electrons. The summed E-state index contributed by atoms with van der Waals surface area (Å²) in [6.45, 7) is 6.78. The quantitative estimate of drug-likeness (QED) is 0.877. The molecule has 6 heteroatoms. The molecule has 18 heavy (non-hydrogen) atoms. The highest BCUT2D eigenvalue weighted by molar-refractivity contribution is 7.15. The average Bonchev–Trinajstić information content (AvgIpc) is 2.86. The predicted octanol–water partition coefficient (Wildman–Crippen LogP) is 1.50. The van der Waals surface area contributed by atoms with Crippen molar-refractivity contribution in [1.29, 1.82) is 0 Å². The van der Waals surface area contributed by atoms with Gasteiger partial charge in [0.1, 0.15) is 5.01 Å². The first-order valence-corrected chi connectivity index (χ1v) is 7.47. The molecule has 1 aliphatic heterocycles. The lowest BCUT2D eigenvalue weighted by Crippen LogP contribution is -2.42. The number of anilines is 1. The van der Waals surface area contributed by atoms with E-state index in [1.54, 1.807) is 11.3 Å². The van der Waals surface area contributed by atoms with Gasteiger partial charge in [0, 0.05) is 13.1 Å². The molecule has 0 atom stereocenters. The Morgan fingerprint density at radius 2 is 2.11 bits per heavy atom. The molecule has 1 saturated heterocycles. The number of piperidine rings is 1. The van der Waals surface area contributed by atoms with Crippen LogP contribution in [0, 0.1) is 0 Å². The van der Waals surface area contributed by atoms with E-state index in [4.69, 9.17) is 0 Å². The molecule has 0 unspecified atom stereocenters. The van der Waals surface area contributed by atoms with Crippen LogP contribution >= 0.6 is 11.3 Å². The minimum atomic E-state index is 0.690. The minimum Gasteiger partial charge on any atom is -0.363 e. The van der Waals surface area contributed by atoms with Crippen LogP contribution in [-0.4, -0.2) is 59.8 Å². The van der Waals surface area contributed by atoms with Gasteiger partial charge in [-0.15, -0.1) is 10.2 Å². The lowest BCUT2D eigenvalue weighted by molar-refractivity contribution is 0.127. The fourth-order valence-electron chi connectivity index (χ4n) is 2.44. The standard InChI is InChI=1S/C12H23N5S/c1-4-17-7-5-10(6-8-17)16(3)9-11-14-15-12(13-2)18-11/h10H,4-9H2,1-3H3,(H,13,15). The van der Waals surface area contributed by atoms with Crippen LogP contribution in [0.25, 0.3) is 0 Å². The number of nitrogens with one attached hydrogen (secondary N) is 1. The third kappa shape index (κ3) is 3.40. The summed E-state index contributed by atoms with van der Waals surface area (Å²) in [4.78, 5) is 4.95. The summed E-state index contributed by atoms with van der Waals surface area (Å²) in [7, 11) is 4.08. The summed E-state index contributed by atoms with van der Waals surface area (Å²) >= 11 is 1.64. The van der Waals surface area contributed by atoms with E-state index in [1.807, 2.05) is 7.05 Å². The zero-order chi connectivity index (χ0) is 13.0. The number of rotatable bonds is 5. The van der Waals surface area contributed by atoms with E-state index in [2.05, 4.69) is 39.3 Å². The molecule has 0 saturated carbocycles.